The Bertz CT molecular complexity index is 5840. The van der Waals surface area contributed by atoms with Gasteiger partial charge in [0, 0.05) is 104 Å². The van der Waals surface area contributed by atoms with Gasteiger partial charge in [0.2, 0.25) is 46.5 Å². The minimum Gasteiger partial charge on any atom is -1.00 e. The molecule has 5 aromatic carbocycles. The van der Waals surface area contributed by atoms with Crippen LogP contribution in [0, 0.1) is 34.6 Å². The molecule has 48 heteroatoms. The summed E-state index contributed by atoms with van der Waals surface area (Å²) in [6.45, 7) is 27.7. The normalized spacial score (nSPS) is 10.7. The van der Waals surface area contributed by atoms with Crippen molar-refractivity contribution in [2.24, 2.45) is 0 Å². The third-order valence-corrected chi connectivity index (χ3v) is 20.8. The van der Waals surface area contributed by atoms with Gasteiger partial charge in [0.1, 0.15) is 74.6 Å². The molecular formula is C99H124AlClF15ILiN10NaO18. The van der Waals surface area contributed by atoms with E-state index in [0.717, 1.165) is 91.6 Å². The van der Waals surface area contributed by atoms with Crippen LogP contribution in [-0.4, -0.2) is 193 Å². The number of halogens is 17. The fraction of sp³-hybridized carbons (Fsp3) is 0.414. The summed E-state index contributed by atoms with van der Waals surface area (Å²) in [6, 6.07) is 28.1. The summed E-state index contributed by atoms with van der Waals surface area (Å²) in [5.74, 6) is 0.318. The van der Waals surface area contributed by atoms with Gasteiger partial charge >= 0.3 is 80.2 Å². The quantitative estimate of drug-likeness (QED) is 0.0108. The molecule has 0 saturated carbocycles. The van der Waals surface area contributed by atoms with Gasteiger partial charge in [0.15, 0.2) is 17.4 Å². The van der Waals surface area contributed by atoms with Crippen molar-refractivity contribution in [2.45, 2.75) is 173 Å². The number of carbonyl (C=O) groups is 3. The van der Waals surface area contributed by atoms with Crippen molar-refractivity contribution in [1.29, 1.82) is 0 Å². The van der Waals surface area contributed by atoms with E-state index in [1.807, 2.05) is 39.8 Å². The molecule has 5 heterocycles. The monoisotopic (exact) mass is 2240 g/mol. The van der Waals surface area contributed by atoms with Crippen molar-refractivity contribution in [3.63, 3.8) is 0 Å². The molecule has 0 bridgehead atoms. The Hall–Kier alpha value is -11.0. The van der Waals surface area contributed by atoms with Gasteiger partial charge in [-0.05, 0) is 202 Å². The number of nitrogens with one attached hydrogen (secondary N) is 2. The fourth-order valence-corrected chi connectivity index (χ4v) is 13.3. The number of alkyl halides is 16. The van der Waals surface area contributed by atoms with E-state index in [4.69, 9.17) is 64.7 Å². The SMILES string of the molecule is CCC(=O)Cl.CCC(=O)Nc1cc(C)c(-c2ccc(OC(F)(F)F)cc2OC)nc1OC.CCCI.CCCN(C(=O)CC)c1cc(C)c(-c2ccc(OC(F)(F)F)cc2OC)nc1OC.CCCN(CCC)c1cc(C)c(-c2ccc(OC(F)(F)F)cc2OC)nc1OC.CCCNc1cc(C)c(-c2ccc(OC(F)(F)F)cc2OC)nc1OC.COc1cc(OC(F)(F)F)ccc1-c1nc(OC)c(N)cc1C.[AlH3].[H-].[H-].[Li+].[Na+]. The van der Waals surface area contributed by atoms with Crippen molar-refractivity contribution in [1.82, 2.24) is 24.9 Å². The predicted molar refractivity (Wildman–Crippen MR) is 541 cm³/mol. The van der Waals surface area contributed by atoms with Crippen LogP contribution < -0.4 is 146 Å². The molecular weight excluding hydrogens is 2120 g/mol. The number of nitrogens with zero attached hydrogens (tertiary/aromatic N) is 7. The molecule has 0 fully saturated rings. The van der Waals surface area contributed by atoms with Gasteiger partial charge in [-0.25, -0.2) is 24.9 Å². The van der Waals surface area contributed by atoms with E-state index in [1.165, 1.54) is 148 Å². The molecule has 0 saturated heterocycles. The Morgan fingerprint density at radius 3 is 0.891 bits per heavy atom. The Balaban J connectivity index is 0. The first-order valence-corrected chi connectivity index (χ1v) is 46.3. The molecule has 0 aliphatic heterocycles. The van der Waals surface area contributed by atoms with Crippen LogP contribution in [0.3, 0.4) is 0 Å². The Kier molecular flexibility index (Phi) is 58.7. The maximum absolute atomic E-state index is 12.5. The second-order valence-corrected chi connectivity index (χ2v) is 31.7. The van der Waals surface area contributed by atoms with E-state index in [2.05, 4.69) is 107 Å². The number of carbonyl (C=O) groups excluding carboxylic acids is 3. The molecule has 0 radical (unpaired) electrons. The first kappa shape index (κ1) is 134. The maximum atomic E-state index is 12.5. The van der Waals surface area contributed by atoms with Gasteiger partial charge in [-0.2, -0.15) is 0 Å². The number of ether oxygens (including phenoxy) is 15. The number of pyridine rings is 5. The summed E-state index contributed by atoms with van der Waals surface area (Å²) < 4.78 is 260. The van der Waals surface area contributed by atoms with E-state index in [1.54, 1.807) is 71.8 Å². The van der Waals surface area contributed by atoms with Gasteiger partial charge in [-0.3, -0.25) is 14.4 Å². The van der Waals surface area contributed by atoms with Crippen LogP contribution in [0.2, 0.25) is 0 Å². The third-order valence-electron chi connectivity index (χ3n) is 19.5. The van der Waals surface area contributed by atoms with E-state index in [0.29, 0.717) is 122 Å². The van der Waals surface area contributed by atoms with Crippen molar-refractivity contribution in [3.8, 4) is 143 Å². The van der Waals surface area contributed by atoms with Crippen LogP contribution in [0.25, 0.3) is 56.3 Å². The molecule has 10 aromatic rings. The predicted octanol–water partition coefficient (Wildman–Crippen LogP) is 19.4. The van der Waals surface area contributed by atoms with Crippen LogP contribution in [0.5, 0.6) is 86.9 Å². The molecule has 0 spiro atoms. The van der Waals surface area contributed by atoms with E-state index in [9.17, 15) is 80.2 Å². The zero-order valence-electron chi connectivity index (χ0n) is 87.7. The molecule has 2 amide bonds. The Labute approximate surface area is 911 Å². The smallest absolute Gasteiger partial charge is 1.00 e. The molecule has 5 aromatic heterocycles. The van der Waals surface area contributed by atoms with E-state index in [-0.39, 0.29) is 149 Å². The van der Waals surface area contributed by atoms with Gasteiger partial charge in [0.05, 0.1) is 111 Å². The molecule has 0 aliphatic rings. The first-order valence-electron chi connectivity index (χ1n) is 44.4. The zero-order valence-corrected chi connectivity index (χ0v) is 90.6. The summed E-state index contributed by atoms with van der Waals surface area (Å²) in [6.07, 6.45) is -17.9. The molecule has 147 heavy (non-hydrogen) atoms. The minimum atomic E-state index is -4.81. The van der Waals surface area contributed by atoms with Gasteiger partial charge < -0.3 is 100 Å². The summed E-state index contributed by atoms with van der Waals surface area (Å²) >= 11 is 7.17. The second-order valence-electron chi connectivity index (χ2n) is 30.2. The van der Waals surface area contributed by atoms with Gasteiger partial charge in [-0.1, -0.05) is 78.0 Å². The van der Waals surface area contributed by atoms with Crippen LogP contribution in [0.4, 0.5) is 94.3 Å². The van der Waals surface area contributed by atoms with Crippen LogP contribution >= 0.6 is 34.2 Å². The standard InChI is InChI=1S/C21H25F3N2O4.C21H27F3N2O3.C18H19F3N2O4.C18H21F3N2O3.C15H15F3N2O3.C3H5ClO.C3H7I.Al.Li.Na.5H/c1-6-10-26(18(27)7-2)16-11-13(3)19(25-20(16)29-5)15-9-8-14(12-17(15)28-4)30-21(22,23)24;1-6-10-26(11-7-2)17-12-14(3)19(25-20(17)28-5)16-9-8-15(13-18(16)27-4)29-21(22,23)24;1-5-15(24)22-13-8-10(2)16(23-17(13)26-4)12-7-6-11(9-14(12)25-3)27-18(19,20)21;1-5-8-22-14-9-11(2)16(23-17(14)25-4)13-7-6-12(10-15(13)24-3)26-18(19,20)21;1-8-6-11(19)14(22-3)20-13(8)10-5-4-9(7-12(10)21-2)23-15(16,17)18;1-2-3(4)5;1-2-3-4;;;;;;;;/h8-9,11-12H,6-7,10H2,1-5H3;8-9,12-13H,6-7,10-11H2,1-5H3;6-9H,5H2,1-4H3,(H,22,24);6-7,9-10,22H,5,8H2,1-4H3;4-7H,19H2,1-3H3;2H2,1H3;2-3H2,1H3;;;;;;;;/q;;;;;;;;2*+1;;;;2*-1. The second kappa shape index (κ2) is 64.4. The van der Waals surface area contributed by atoms with Crippen LogP contribution in [0.15, 0.2) is 121 Å². The number of amides is 2. The van der Waals surface area contributed by atoms with Gasteiger partial charge in [0.25, 0.3) is 0 Å². The summed E-state index contributed by atoms with van der Waals surface area (Å²) in [4.78, 5) is 59.8. The van der Waals surface area contributed by atoms with E-state index < -0.39 is 43.3 Å². The maximum Gasteiger partial charge on any atom is 1.00 e. The van der Waals surface area contributed by atoms with Crippen molar-refractivity contribution in [2.75, 3.05) is 128 Å². The largest absolute Gasteiger partial charge is 1.00 e. The molecule has 4 N–H and O–H groups in total. The molecule has 10 rings (SSSR count). The third kappa shape index (κ3) is 43.2. The minimum absolute atomic E-state index is 0. The Morgan fingerprint density at radius 2 is 0.633 bits per heavy atom. The molecule has 28 nitrogen and oxygen atoms in total. The fourth-order valence-electron chi connectivity index (χ4n) is 13.3. The number of hydrogen-bond donors (Lipinski definition) is 3. The summed E-state index contributed by atoms with van der Waals surface area (Å²) in [5, 5.41) is 5.65. The molecule has 0 atom stereocenters. The zero-order chi connectivity index (χ0) is 108. The molecule has 0 aliphatic carbocycles. The first-order chi connectivity index (χ1) is 67.8. The number of aryl methyl sites for hydroxylation is 5. The number of nitrogen functional groups attached to an aromatic ring is 1. The molecule has 0 unspecified atom stereocenters. The van der Waals surface area contributed by atoms with Crippen molar-refractivity contribution >= 4 is 97.0 Å². The Morgan fingerprint density at radius 1 is 0.367 bits per heavy atom. The van der Waals surface area contributed by atoms with Crippen LogP contribution in [-0.2, 0) is 14.4 Å². The number of anilines is 5. The number of methoxy groups -OCH3 is 10. The van der Waals surface area contributed by atoms with Crippen molar-refractivity contribution < 1.29 is 203 Å². The average molecular weight is 2250 g/mol. The number of benzene rings is 5. The summed E-state index contributed by atoms with van der Waals surface area (Å²) in [5.41, 5.74) is 17.6. The number of nitrogens with two attached hydrogens (primary N) is 1. The number of hydrogen-bond acceptors (Lipinski definition) is 26. The van der Waals surface area contributed by atoms with Gasteiger partial charge in [-0.15, -0.1) is 65.9 Å². The topological polar surface area (TPSA) is 311 Å². The number of aromatic nitrogens is 5. The van der Waals surface area contributed by atoms with E-state index >= 15 is 0 Å². The number of rotatable bonds is 36. The van der Waals surface area contributed by atoms with Crippen LogP contribution in [0.1, 0.15) is 137 Å². The average Bonchev–Trinajstić information content (AvgIpc) is 0.735. The molecule has 802 valence electrons. The van der Waals surface area contributed by atoms with Crippen molar-refractivity contribution in [3.05, 3.63) is 149 Å². The summed E-state index contributed by atoms with van der Waals surface area (Å²) in [7, 11) is 14.1.